The molecule has 1 aromatic carbocycles. The third kappa shape index (κ3) is 3.96. The van der Waals surface area contributed by atoms with Gasteiger partial charge in [0, 0.05) is 4.47 Å². The van der Waals surface area contributed by atoms with Crippen LogP contribution >= 0.6 is 15.9 Å². The molecule has 5 nitrogen and oxygen atoms in total. The number of benzene rings is 1. The van der Waals surface area contributed by atoms with E-state index in [-0.39, 0.29) is 11.7 Å². The minimum atomic E-state index is -0.627. The summed E-state index contributed by atoms with van der Waals surface area (Å²) in [6, 6.07) is 3.92. The van der Waals surface area contributed by atoms with Crippen LogP contribution in [0.5, 0.6) is 0 Å². The molecule has 1 unspecified atom stereocenters. The Morgan fingerprint density at radius 1 is 1.50 bits per heavy atom. The van der Waals surface area contributed by atoms with Crippen LogP contribution in [0.25, 0.3) is 0 Å². The number of aryl methyl sites for hydroxylation is 2. The van der Waals surface area contributed by atoms with E-state index < -0.39 is 5.92 Å². The molecule has 0 bridgehead atoms. The molecule has 1 aromatic rings. The molecular formula is C14H20BrN3O2. The zero-order valence-electron chi connectivity index (χ0n) is 11.9. The highest BCUT2D eigenvalue weighted by molar-refractivity contribution is 9.10. The molecule has 0 radical (unpaired) electrons. The lowest BCUT2D eigenvalue weighted by Crippen LogP contribution is -2.34. The second kappa shape index (κ2) is 7.28. The number of hydrogen-bond donors (Lipinski definition) is 3. The zero-order valence-corrected chi connectivity index (χ0v) is 13.5. The largest absolute Gasteiger partial charge is 0.409 e. The predicted octanol–water partition coefficient (Wildman–Crippen LogP) is 3.17. The average Bonchev–Trinajstić information content (AvgIpc) is 2.39. The smallest absolute Gasteiger partial charge is 0.235 e. The van der Waals surface area contributed by atoms with Gasteiger partial charge in [0.1, 0.15) is 0 Å². The van der Waals surface area contributed by atoms with E-state index in [4.69, 9.17) is 10.9 Å². The van der Waals surface area contributed by atoms with E-state index in [1.165, 1.54) is 0 Å². The Kier molecular flexibility index (Phi) is 6.01. The van der Waals surface area contributed by atoms with Crippen molar-refractivity contribution in [3.63, 3.8) is 0 Å². The van der Waals surface area contributed by atoms with Crippen LogP contribution in [0.2, 0.25) is 0 Å². The Hall–Kier alpha value is -1.56. The topological polar surface area (TPSA) is 87.7 Å². The molecule has 0 aliphatic heterocycles. The lowest BCUT2D eigenvalue weighted by Gasteiger charge is -2.17. The van der Waals surface area contributed by atoms with E-state index in [1.807, 2.05) is 32.9 Å². The number of rotatable bonds is 5. The summed E-state index contributed by atoms with van der Waals surface area (Å²) in [6.07, 6.45) is 1.30. The third-order valence-electron chi connectivity index (χ3n) is 3.05. The molecule has 4 N–H and O–H groups in total. The van der Waals surface area contributed by atoms with Gasteiger partial charge in [0.15, 0.2) is 5.84 Å². The molecule has 0 saturated heterocycles. The van der Waals surface area contributed by atoms with Crippen molar-refractivity contribution in [2.75, 3.05) is 5.32 Å². The van der Waals surface area contributed by atoms with Crippen molar-refractivity contribution in [2.24, 2.45) is 16.8 Å². The maximum atomic E-state index is 12.3. The Morgan fingerprint density at radius 2 is 2.15 bits per heavy atom. The maximum absolute atomic E-state index is 12.3. The number of anilines is 1. The van der Waals surface area contributed by atoms with Gasteiger partial charge in [-0.05, 0) is 53.4 Å². The van der Waals surface area contributed by atoms with Crippen molar-refractivity contribution < 1.29 is 10.0 Å². The summed E-state index contributed by atoms with van der Waals surface area (Å²) in [5, 5.41) is 14.6. The van der Waals surface area contributed by atoms with Crippen LogP contribution in [0.15, 0.2) is 21.8 Å². The summed E-state index contributed by atoms with van der Waals surface area (Å²) < 4.78 is 0.818. The van der Waals surface area contributed by atoms with Gasteiger partial charge in [0.25, 0.3) is 0 Å². The first-order chi connectivity index (χ1) is 9.40. The van der Waals surface area contributed by atoms with Crippen LogP contribution in [-0.2, 0) is 4.79 Å². The number of amidine groups is 1. The fourth-order valence-electron chi connectivity index (χ4n) is 2.06. The van der Waals surface area contributed by atoms with Gasteiger partial charge in [-0.15, -0.1) is 0 Å². The van der Waals surface area contributed by atoms with E-state index in [9.17, 15) is 4.79 Å². The molecule has 0 aliphatic carbocycles. The highest BCUT2D eigenvalue weighted by atomic mass is 79.9. The third-order valence-corrected chi connectivity index (χ3v) is 3.67. The van der Waals surface area contributed by atoms with Crippen LogP contribution in [0.4, 0.5) is 5.69 Å². The molecular weight excluding hydrogens is 322 g/mol. The van der Waals surface area contributed by atoms with E-state index >= 15 is 0 Å². The summed E-state index contributed by atoms with van der Waals surface area (Å²) in [7, 11) is 0. The van der Waals surface area contributed by atoms with E-state index in [2.05, 4.69) is 26.4 Å². The Bertz CT molecular complexity index is 506. The van der Waals surface area contributed by atoms with Crippen molar-refractivity contribution in [1.29, 1.82) is 0 Å². The number of nitrogens with zero attached hydrogens (tertiary/aromatic N) is 1. The number of nitrogens with two attached hydrogens (primary N) is 1. The quantitative estimate of drug-likeness (QED) is 0.332. The highest BCUT2D eigenvalue weighted by Crippen LogP contribution is 2.28. The molecule has 0 aliphatic rings. The van der Waals surface area contributed by atoms with Gasteiger partial charge < -0.3 is 16.3 Å². The number of hydrogen-bond acceptors (Lipinski definition) is 3. The molecule has 0 spiro atoms. The number of nitrogens with one attached hydrogen (secondary N) is 1. The first-order valence-electron chi connectivity index (χ1n) is 6.45. The minimum absolute atomic E-state index is 0.0646. The van der Waals surface area contributed by atoms with Gasteiger partial charge in [-0.2, -0.15) is 0 Å². The van der Waals surface area contributed by atoms with Gasteiger partial charge in [0.05, 0.1) is 11.6 Å². The summed E-state index contributed by atoms with van der Waals surface area (Å²) in [6.45, 7) is 5.85. The predicted molar refractivity (Wildman–Crippen MR) is 84.1 cm³/mol. The maximum Gasteiger partial charge on any atom is 0.235 e. The number of carbonyl (C=O) groups is 1. The van der Waals surface area contributed by atoms with Crippen molar-refractivity contribution >= 4 is 33.4 Å². The fraction of sp³-hybridized carbons (Fsp3) is 0.429. The van der Waals surface area contributed by atoms with Gasteiger partial charge in [-0.1, -0.05) is 24.6 Å². The fourth-order valence-corrected chi connectivity index (χ4v) is 2.83. The molecule has 1 amide bonds. The minimum Gasteiger partial charge on any atom is -0.409 e. The van der Waals surface area contributed by atoms with Crippen molar-refractivity contribution in [3.05, 3.63) is 27.7 Å². The van der Waals surface area contributed by atoms with Gasteiger partial charge >= 0.3 is 0 Å². The van der Waals surface area contributed by atoms with Crippen LogP contribution in [0.3, 0.4) is 0 Å². The Morgan fingerprint density at radius 3 is 2.65 bits per heavy atom. The van der Waals surface area contributed by atoms with Gasteiger partial charge in [-0.25, -0.2) is 0 Å². The molecule has 1 rings (SSSR count). The number of halogens is 1. The molecule has 20 heavy (non-hydrogen) atoms. The van der Waals surface area contributed by atoms with Crippen LogP contribution in [0, 0.1) is 19.8 Å². The van der Waals surface area contributed by atoms with Crippen molar-refractivity contribution in [1.82, 2.24) is 0 Å². The zero-order chi connectivity index (χ0) is 15.3. The van der Waals surface area contributed by atoms with Gasteiger partial charge in [0.2, 0.25) is 5.91 Å². The normalized spacial score (nSPS) is 13.1. The number of amides is 1. The lowest BCUT2D eigenvalue weighted by molar-refractivity contribution is -0.118. The number of carbonyl (C=O) groups excluding carboxylic acids is 1. The summed E-state index contributed by atoms with van der Waals surface area (Å²) in [5.74, 6) is -0.961. The van der Waals surface area contributed by atoms with E-state index in [0.717, 1.165) is 22.0 Å². The molecule has 110 valence electrons. The SMILES string of the molecule is CCCC(C(=O)Nc1c(C)cc(C)cc1Br)C(N)=NO. The first kappa shape index (κ1) is 16.5. The Labute approximate surface area is 127 Å². The standard InChI is InChI=1S/C14H20BrN3O2/c1-4-5-10(13(16)18-20)14(19)17-12-9(3)6-8(2)7-11(12)15/h6-7,10,20H,4-5H2,1-3H3,(H2,16,18)(H,17,19). The van der Waals surface area contributed by atoms with E-state index in [1.54, 1.807) is 0 Å². The molecule has 0 aromatic heterocycles. The summed E-state index contributed by atoms with van der Waals surface area (Å²) in [5.41, 5.74) is 8.36. The van der Waals surface area contributed by atoms with E-state index in [0.29, 0.717) is 12.1 Å². The van der Waals surface area contributed by atoms with Gasteiger partial charge in [-0.3, -0.25) is 4.79 Å². The lowest BCUT2D eigenvalue weighted by atomic mass is 10.0. The summed E-state index contributed by atoms with van der Waals surface area (Å²) >= 11 is 3.44. The molecule has 0 heterocycles. The molecule has 0 saturated carbocycles. The summed E-state index contributed by atoms with van der Waals surface area (Å²) in [4.78, 5) is 12.3. The molecule has 0 fully saturated rings. The van der Waals surface area contributed by atoms with Crippen LogP contribution in [-0.4, -0.2) is 17.0 Å². The number of oxime groups is 1. The highest BCUT2D eigenvalue weighted by Gasteiger charge is 2.23. The first-order valence-corrected chi connectivity index (χ1v) is 7.25. The monoisotopic (exact) mass is 341 g/mol. The van der Waals surface area contributed by atoms with Crippen molar-refractivity contribution in [3.8, 4) is 0 Å². The molecule has 1 atom stereocenters. The van der Waals surface area contributed by atoms with Crippen molar-refractivity contribution in [2.45, 2.75) is 33.6 Å². The second-order valence-electron chi connectivity index (χ2n) is 4.79. The Balaban J connectivity index is 3.00. The second-order valence-corrected chi connectivity index (χ2v) is 5.65. The van der Waals surface area contributed by atoms with Crippen LogP contribution < -0.4 is 11.1 Å². The molecule has 6 heteroatoms. The average molecular weight is 342 g/mol. The van der Waals surface area contributed by atoms with Crippen LogP contribution in [0.1, 0.15) is 30.9 Å².